The van der Waals surface area contributed by atoms with Crippen LogP contribution in [0.25, 0.3) is 10.4 Å². The number of rotatable bonds is 4. The van der Waals surface area contributed by atoms with Gasteiger partial charge in [-0.15, -0.1) is 11.3 Å². The van der Waals surface area contributed by atoms with E-state index in [0.29, 0.717) is 17.0 Å². The lowest BCUT2D eigenvalue weighted by atomic mass is 10.00. The molecule has 2 aromatic rings. The van der Waals surface area contributed by atoms with Crippen molar-refractivity contribution in [3.8, 4) is 16.2 Å². The Labute approximate surface area is 163 Å². The Morgan fingerprint density at radius 2 is 2.04 bits per heavy atom. The van der Waals surface area contributed by atoms with E-state index in [1.165, 1.54) is 17.4 Å². The predicted octanol–water partition coefficient (Wildman–Crippen LogP) is 3.73. The van der Waals surface area contributed by atoms with Crippen LogP contribution in [0.15, 0.2) is 35.3 Å². The summed E-state index contributed by atoms with van der Waals surface area (Å²) in [6, 6.07) is 8.69. The number of ether oxygens (including phenoxy) is 1. The number of hydrogen-bond donors (Lipinski definition) is 1. The second-order valence-electron chi connectivity index (χ2n) is 7.13. The first-order valence-electron chi connectivity index (χ1n) is 8.58. The van der Waals surface area contributed by atoms with Crippen molar-refractivity contribution in [2.75, 3.05) is 12.9 Å². The Kier molecular flexibility index (Phi) is 4.84. The van der Waals surface area contributed by atoms with Gasteiger partial charge >= 0.3 is 0 Å². The fourth-order valence-corrected chi connectivity index (χ4v) is 6.56. The minimum absolute atomic E-state index is 0.0366. The van der Waals surface area contributed by atoms with Gasteiger partial charge in [0, 0.05) is 4.88 Å². The van der Waals surface area contributed by atoms with E-state index < -0.39 is 25.9 Å². The molecule has 3 rings (SSSR count). The highest BCUT2D eigenvalue weighted by Gasteiger charge is 2.51. The molecule has 0 aliphatic carbocycles. The maximum absolute atomic E-state index is 14.8. The molecule has 1 aromatic heterocycles. The average molecular weight is 411 g/mol. The number of halogens is 1. The summed E-state index contributed by atoms with van der Waals surface area (Å²) in [4.78, 5) is 5.41. The highest BCUT2D eigenvalue weighted by molar-refractivity contribution is 7.93. The predicted molar refractivity (Wildman–Crippen MR) is 108 cm³/mol. The van der Waals surface area contributed by atoms with Gasteiger partial charge in [-0.25, -0.2) is 12.8 Å². The molecule has 1 aliphatic rings. The Morgan fingerprint density at radius 1 is 1.33 bits per heavy atom. The van der Waals surface area contributed by atoms with Crippen LogP contribution >= 0.6 is 11.3 Å². The number of aliphatic imine (C=N–C) groups is 1. The molecule has 2 atom stereocenters. The monoisotopic (exact) mass is 410 g/mol. The van der Waals surface area contributed by atoms with Gasteiger partial charge in [-0.2, -0.15) is 0 Å². The van der Waals surface area contributed by atoms with Crippen LogP contribution in [0.2, 0.25) is 0 Å². The molecule has 146 valence electrons. The zero-order valence-corrected chi connectivity index (χ0v) is 17.4. The molecule has 0 unspecified atom stereocenters. The van der Waals surface area contributed by atoms with Crippen LogP contribution in [-0.4, -0.2) is 31.9 Å². The van der Waals surface area contributed by atoms with Crippen LogP contribution in [0, 0.1) is 5.82 Å². The van der Waals surface area contributed by atoms with E-state index in [9.17, 15) is 12.8 Å². The number of nitrogens with two attached hydrogens (primary N) is 1. The largest absolute Gasteiger partial charge is 0.497 e. The lowest BCUT2D eigenvalue weighted by Crippen LogP contribution is -2.56. The minimum atomic E-state index is -3.60. The van der Waals surface area contributed by atoms with Gasteiger partial charge in [-0.3, -0.25) is 4.99 Å². The van der Waals surface area contributed by atoms with Gasteiger partial charge in [0.1, 0.15) is 27.7 Å². The van der Waals surface area contributed by atoms with Crippen molar-refractivity contribution in [2.45, 2.75) is 37.5 Å². The molecular weight excluding hydrogens is 387 g/mol. The molecule has 0 bridgehead atoms. The molecule has 0 radical (unpaired) electrons. The summed E-state index contributed by atoms with van der Waals surface area (Å²) in [5.41, 5.74) is 5.60. The molecule has 8 heteroatoms. The zero-order valence-electron chi connectivity index (χ0n) is 15.7. The molecular formula is C19H23FN2O3S2. The molecule has 0 saturated heterocycles. The zero-order chi connectivity index (χ0) is 20.0. The first kappa shape index (κ1) is 19.8. The van der Waals surface area contributed by atoms with Gasteiger partial charge in [0.25, 0.3) is 0 Å². The van der Waals surface area contributed by atoms with Crippen molar-refractivity contribution in [1.82, 2.24) is 0 Å². The molecule has 2 heterocycles. The van der Waals surface area contributed by atoms with Gasteiger partial charge < -0.3 is 10.5 Å². The first-order chi connectivity index (χ1) is 12.6. The van der Waals surface area contributed by atoms with Crippen LogP contribution in [-0.2, 0) is 15.4 Å². The number of sulfone groups is 1. The van der Waals surface area contributed by atoms with Crippen LogP contribution in [0.1, 0.15) is 32.1 Å². The van der Waals surface area contributed by atoms with E-state index >= 15 is 0 Å². The molecule has 0 fully saturated rings. The van der Waals surface area contributed by atoms with E-state index in [2.05, 4.69) is 4.99 Å². The topological polar surface area (TPSA) is 81.8 Å². The Balaban J connectivity index is 2.11. The van der Waals surface area contributed by atoms with Crippen molar-refractivity contribution in [1.29, 1.82) is 0 Å². The first-order valence-corrected chi connectivity index (χ1v) is 11.1. The standard InChI is InChI=1S/C19H23FN2O3S2/c1-5-19(3)17(21)22-18(2,11-27(19,23)24)16-14(20)10-15(26-16)12-7-6-8-13(9-12)25-4/h6-10H,5,11H2,1-4H3,(H2,21,22)/t18-,19+/m0/s1. The number of methoxy groups -OCH3 is 1. The Hall–Kier alpha value is -1.93. The number of amidine groups is 1. The molecule has 27 heavy (non-hydrogen) atoms. The third-order valence-corrected chi connectivity index (χ3v) is 9.50. The SMILES string of the molecule is CC[C@]1(C)C(N)=N[C@](C)(c2sc(-c3cccc(OC)c3)cc2F)CS1(=O)=O. The quantitative estimate of drug-likeness (QED) is 0.833. The summed E-state index contributed by atoms with van der Waals surface area (Å²) in [7, 11) is -2.03. The van der Waals surface area contributed by atoms with E-state index in [4.69, 9.17) is 10.5 Å². The van der Waals surface area contributed by atoms with E-state index in [1.807, 2.05) is 12.1 Å². The van der Waals surface area contributed by atoms with Gasteiger partial charge in [0.2, 0.25) is 0 Å². The number of benzene rings is 1. The van der Waals surface area contributed by atoms with Gasteiger partial charge in [-0.1, -0.05) is 19.1 Å². The summed E-state index contributed by atoms with van der Waals surface area (Å²) in [5.74, 6) is -0.0584. The Bertz CT molecular complexity index is 1020. The second kappa shape index (κ2) is 6.60. The van der Waals surface area contributed by atoms with Crippen LogP contribution in [0.4, 0.5) is 4.39 Å². The molecule has 0 spiro atoms. The third kappa shape index (κ3) is 3.14. The lowest BCUT2D eigenvalue weighted by Gasteiger charge is -2.38. The molecule has 1 aromatic carbocycles. The number of hydrogen-bond acceptors (Lipinski definition) is 6. The van der Waals surface area contributed by atoms with Crippen molar-refractivity contribution < 1.29 is 17.5 Å². The molecule has 0 amide bonds. The molecule has 1 aliphatic heterocycles. The smallest absolute Gasteiger partial charge is 0.165 e. The normalized spacial score (nSPS) is 27.2. The maximum Gasteiger partial charge on any atom is 0.165 e. The summed E-state index contributed by atoms with van der Waals surface area (Å²) < 4.78 is 44.7. The van der Waals surface area contributed by atoms with Crippen molar-refractivity contribution >= 4 is 27.0 Å². The van der Waals surface area contributed by atoms with E-state index in [0.717, 1.165) is 5.56 Å². The van der Waals surface area contributed by atoms with Crippen LogP contribution in [0.3, 0.4) is 0 Å². The fraction of sp³-hybridized carbons (Fsp3) is 0.421. The van der Waals surface area contributed by atoms with E-state index in [1.54, 1.807) is 40.0 Å². The molecule has 2 N–H and O–H groups in total. The van der Waals surface area contributed by atoms with Crippen molar-refractivity contribution in [3.05, 3.63) is 41.0 Å². The number of thiophene rings is 1. The maximum atomic E-state index is 14.8. The number of nitrogens with zero attached hydrogens (tertiary/aromatic N) is 1. The highest BCUT2D eigenvalue weighted by atomic mass is 32.2. The van der Waals surface area contributed by atoms with Gasteiger partial charge in [0.15, 0.2) is 9.84 Å². The lowest BCUT2D eigenvalue weighted by molar-refractivity contribution is 0.415. The van der Waals surface area contributed by atoms with Crippen molar-refractivity contribution in [3.63, 3.8) is 0 Å². The van der Waals surface area contributed by atoms with Gasteiger partial charge in [-0.05, 0) is 44.0 Å². The summed E-state index contributed by atoms with van der Waals surface area (Å²) in [5, 5.41) is 0. The van der Waals surface area contributed by atoms with Gasteiger partial charge in [0.05, 0.1) is 17.7 Å². The molecule has 5 nitrogen and oxygen atoms in total. The van der Waals surface area contributed by atoms with Crippen LogP contribution < -0.4 is 10.5 Å². The van der Waals surface area contributed by atoms with E-state index in [-0.39, 0.29) is 16.5 Å². The van der Waals surface area contributed by atoms with Crippen molar-refractivity contribution in [2.24, 2.45) is 10.7 Å². The van der Waals surface area contributed by atoms with Crippen LogP contribution in [0.5, 0.6) is 5.75 Å². The minimum Gasteiger partial charge on any atom is -0.497 e. The second-order valence-corrected chi connectivity index (χ2v) is 10.6. The average Bonchev–Trinajstić information content (AvgIpc) is 3.02. The third-order valence-electron chi connectivity index (χ3n) is 5.27. The fourth-order valence-electron chi connectivity index (χ4n) is 3.28. The highest BCUT2D eigenvalue weighted by Crippen LogP contribution is 2.44. The summed E-state index contributed by atoms with van der Waals surface area (Å²) in [6.45, 7) is 4.96. The molecule has 0 saturated carbocycles. The summed E-state index contributed by atoms with van der Waals surface area (Å²) in [6.07, 6.45) is 0.322. The Morgan fingerprint density at radius 3 is 2.63 bits per heavy atom. The summed E-state index contributed by atoms with van der Waals surface area (Å²) >= 11 is 1.19.